The second-order valence-electron chi connectivity index (χ2n) is 11.1. The SMILES string of the molecule is C=C1C=C2C3(C)CCC(=O)C(C)(C)C3=C(O)C(=O)C2(C)C2C(=O)OC(C)(C(=O)OC)C(=O)C12C. The molecule has 4 rings (SSSR count). The molecule has 182 valence electrons. The molecule has 1 heterocycles. The van der Waals surface area contributed by atoms with Gasteiger partial charge in [0, 0.05) is 17.3 Å². The zero-order valence-corrected chi connectivity index (χ0v) is 20.6. The topological polar surface area (TPSA) is 124 Å². The normalized spacial score (nSPS) is 41.2. The van der Waals surface area contributed by atoms with Crippen LogP contribution in [0.5, 0.6) is 0 Å². The third kappa shape index (κ3) is 2.36. The van der Waals surface area contributed by atoms with Crippen molar-refractivity contribution in [3.8, 4) is 0 Å². The van der Waals surface area contributed by atoms with Gasteiger partial charge in [-0.05, 0) is 57.8 Å². The van der Waals surface area contributed by atoms with E-state index in [0.29, 0.717) is 17.6 Å². The van der Waals surface area contributed by atoms with Crippen LogP contribution in [0.4, 0.5) is 0 Å². The molecule has 5 unspecified atom stereocenters. The number of Topliss-reactive ketones (excluding diaryl/α,β-unsaturated/α-hetero) is 3. The monoisotopic (exact) mass is 470 g/mol. The number of carbonyl (C=O) groups excluding carboxylic acids is 5. The maximum absolute atomic E-state index is 13.9. The predicted molar refractivity (Wildman–Crippen MR) is 119 cm³/mol. The standard InChI is InChI=1S/C26H30O8/c1-12-11-13-23(4)10-9-14(27)22(2,3)16(23)15(28)18(29)25(13,6)17-19(30)34-26(7,21(32)33-8)20(31)24(12,17)5/h11,17,28H,1,9-10H2,2-8H3. The van der Waals surface area contributed by atoms with Crippen molar-refractivity contribution in [3.63, 3.8) is 0 Å². The Morgan fingerprint density at radius 1 is 1.09 bits per heavy atom. The van der Waals surface area contributed by atoms with Crippen molar-refractivity contribution in [2.24, 2.45) is 27.6 Å². The molecular formula is C26H30O8. The van der Waals surface area contributed by atoms with Crippen molar-refractivity contribution in [3.05, 3.63) is 35.1 Å². The molecule has 5 atom stereocenters. The number of cyclic esters (lactones) is 1. The van der Waals surface area contributed by atoms with Crippen molar-refractivity contribution in [1.82, 2.24) is 0 Å². The molecule has 1 N–H and O–H groups in total. The molecule has 0 spiro atoms. The minimum Gasteiger partial charge on any atom is -0.504 e. The van der Waals surface area contributed by atoms with Gasteiger partial charge in [-0.15, -0.1) is 0 Å². The first kappa shape index (κ1) is 24.1. The van der Waals surface area contributed by atoms with Crippen molar-refractivity contribution in [2.75, 3.05) is 7.11 Å². The third-order valence-corrected chi connectivity index (χ3v) is 8.96. The van der Waals surface area contributed by atoms with E-state index < -0.39 is 62.4 Å². The van der Waals surface area contributed by atoms with Gasteiger partial charge in [-0.1, -0.05) is 19.6 Å². The zero-order valence-electron chi connectivity index (χ0n) is 20.6. The largest absolute Gasteiger partial charge is 0.504 e. The molecule has 0 radical (unpaired) electrons. The Morgan fingerprint density at radius 3 is 2.24 bits per heavy atom. The molecule has 1 saturated heterocycles. The van der Waals surface area contributed by atoms with Crippen molar-refractivity contribution >= 4 is 29.3 Å². The molecular weight excluding hydrogens is 440 g/mol. The second-order valence-corrected chi connectivity index (χ2v) is 11.1. The fourth-order valence-electron chi connectivity index (χ4n) is 7.07. The third-order valence-electron chi connectivity index (χ3n) is 8.96. The fraction of sp³-hybridized carbons (Fsp3) is 0.577. The Morgan fingerprint density at radius 2 is 1.68 bits per heavy atom. The van der Waals surface area contributed by atoms with Gasteiger partial charge in [0.15, 0.2) is 11.5 Å². The zero-order chi connectivity index (χ0) is 25.8. The van der Waals surface area contributed by atoms with Crippen LogP contribution in [0, 0.1) is 27.6 Å². The molecule has 0 aromatic heterocycles. The number of fused-ring (bicyclic) bond motifs is 5. The first-order valence-corrected chi connectivity index (χ1v) is 11.3. The highest BCUT2D eigenvalue weighted by molar-refractivity contribution is 6.18. The van der Waals surface area contributed by atoms with E-state index in [1.165, 1.54) is 20.8 Å². The molecule has 4 aliphatic rings. The number of ether oxygens (including phenoxy) is 2. The maximum Gasteiger partial charge on any atom is 0.358 e. The first-order chi connectivity index (χ1) is 15.5. The Labute approximate surface area is 198 Å². The molecule has 1 aliphatic heterocycles. The maximum atomic E-state index is 13.9. The van der Waals surface area contributed by atoms with E-state index in [1.807, 2.05) is 6.92 Å². The number of allylic oxidation sites excluding steroid dienone is 5. The van der Waals surface area contributed by atoms with Crippen molar-refractivity contribution in [2.45, 2.75) is 60.0 Å². The number of ketones is 3. The number of carbonyl (C=O) groups is 5. The quantitative estimate of drug-likeness (QED) is 0.458. The van der Waals surface area contributed by atoms with Crippen LogP contribution in [-0.2, 0) is 33.4 Å². The number of hydrogen-bond donors (Lipinski definition) is 1. The summed E-state index contributed by atoms with van der Waals surface area (Å²) in [6, 6.07) is 0. The molecule has 0 bridgehead atoms. The summed E-state index contributed by atoms with van der Waals surface area (Å²) in [5.74, 6) is -5.48. The average Bonchev–Trinajstić information content (AvgIpc) is 2.75. The summed E-state index contributed by atoms with van der Waals surface area (Å²) in [4.78, 5) is 66.4. The minimum absolute atomic E-state index is 0.0934. The van der Waals surface area contributed by atoms with Crippen LogP contribution in [0.25, 0.3) is 0 Å². The lowest BCUT2D eigenvalue weighted by Crippen LogP contribution is -2.69. The van der Waals surface area contributed by atoms with Gasteiger partial charge in [-0.2, -0.15) is 0 Å². The van der Waals surface area contributed by atoms with E-state index in [0.717, 1.165) is 7.11 Å². The van der Waals surface area contributed by atoms with Crippen molar-refractivity contribution in [1.29, 1.82) is 0 Å². The lowest BCUT2D eigenvalue weighted by molar-refractivity contribution is -0.205. The highest BCUT2D eigenvalue weighted by atomic mass is 16.6. The van der Waals surface area contributed by atoms with Gasteiger partial charge in [0.1, 0.15) is 5.78 Å². The summed E-state index contributed by atoms with van der Waals surface area (Å²) in [7, 11) is 1.08. The highest BCUT2D eigenvalue weighted by Gasteiger charge is 2.74. The highest BCUT2D eigenvalue weighted by Crippen LogP contribution is 2.68. The van der Waals surface area contributed by atoms with E-state index in [9.17, 15) is 29.1 Å². The molecule has 1 saturated carbocycles. The molecule has 8 nitrogen and oxygen atoms in total. The summed E-state index contributed by atoms with van der Waals surface area (Å²) in [6.45, 7) is 13.4. The van der Waals surface area contributed by atoms with Gasteiger partial charge in [0.2, 0.25) is 5.78 Å². The molecule has 2 fully saturated rings. The van der Waals surface area contributed by atoms with Gasteiger partial charge in [0.05, 0.1) is 23.9 Å². The first-order valence-electron chi connectivity index (χ1n) is 11.3. The molecule has 34 heavy (non-hydrogen) atoms. The molecule has 3 aliphatic carbocycles. The lowest BCUT2D eigenvalue weighted by atomic mass is 9.41. The number of rotatable bonds is 1. The molecule has 0 aromatic rings. The predicted octanol–water partition coefficient (Wildman–Crippen LogP) is 2.96. The average molecular weight is 471 g/mol. The van der Waals surface area contributed by atoms with Crippen LogP contribution in [0.3, 0.4) is 0 Å². The fourth-order valence-corrected chi connectivity index (χ4v) is 7.07. The van der Waals surface area contributed by atoms with Crippen LogP contribution in [0.15, 0.2) is 35.1 Å². The molecule has 0 aromatic carbocycles. The van der Waals surface area contributed by atoms with Gasteiger partial charge in [0.25, 0.3) is 5.60 Å². The summed E-state index contributed by atoms with van der Waals surface area (Å²) >= 11 is 0. The lowest BCUT2D eigenvalue weighted by Gasteiger charge is -2.60. The van der Waals surface area contributed by atoms with Crippen molar-refractivity contribution < 1.29 is 38.6 Å². The van der Waals surface area contributed by atoms with Crippen LogP contribution < -0.4 is 0 Å². The van der Waals surface area contributed by atoms with Crippen LogP contribution in [-0.4, -0.2) is 47.1 Å². The summed E-state index contributed by atoms with van der Waals surface area (Å²) in [6.07, 6.45) is 2.18. The van der Waals surface area contributed by atoms with E-state index >= 15 is 0 Å². The van der Waals surface area contributed by atoms with Gasteiger partial charge < -0.3 is 14.6 Å². The number of esters is 2. The van der Waals surface area contributed by atoms with Gasteiger partial charge in [-0.25, -0.2) is 4.79 Å². The Kier molecular flexibility index (Phi) is 4.64. The number of methoxy groups -OCH3 is 1. The van der Waals surface area contributed by atoms with Crippen LogP contribution >= 0.6 is 0 Å². The van der Waals surface area contributed by atoms with E-state index in [4.69, 9.17) is 9.47 Å². The number of aliphatic hydroxyl groups excluding tert-OH is 1. The summed E-state index contributed by atoms with van der Waals surface area (Å²) < 4.78 is 10.1. The van der Waals surface area contributed by atoms with Gasteiger partial charge in [-0.3, -0.25) is 19.2 Å². The second kappa shape index (κ2) is 6.55. The number of aliphatic hydroxyl groups is 1. The van der Waals surface area contributed by atoms with Gasteiger partial charge >= 0.3 is 11.9 Å². The summed E-state index contributed by atoms with van der Waals surface area (Å²) in [5.41, 5.74) is -6.46. The minimum atomic E-state index is -2.20. The summed E-state index contributed by atoms with van der Waals surface area (Å²) in [5, 5.41) is 11.2. The molecule has 8 heteroatoms. The van der Waals surface area contributed by atoms with Crippen LogP contribution in [0.2, 0.25) is 0 Å². The molecule has 0 amide bonds. The Hall–Kier alpha value is -3.03. The Balaban J connectivity index is 2.04. The Bertz CT molecular complexity index is 1190. The van der Waals surface area contributed by atoms with E-state index in [2.05, 4.69) is 6.58 Å². The van der Waals surface area contributed by atoms with Crippen LogP contribution in [0.1, 0.15) is 54.4 Å². The smallest absolute Gasteiger partial charge is 0.358 e. The van der Waals surface area contributed by atoms with E-state index in [-0.39, 0.29) is 17.8 Å². The van der Waals surface area contributed by atoms with E-state index in [1.54, 1.807) is 19.9 Å². The number of hydrogen-bond acceptors (Lipinski definition) is 8.